The minimum atomic E-state index is -0.950. The molecule has 55 valence electrons. The number of carboxylic acid groups (broad SMARTS) is 1. The van der Waals surface area contributed by atoms with Crippen LogP contribution in [0, 0.1) is 0 Å². The predicted octanol–water partition coefficient (Wildman–Crippen LogP) is 0.487. The maximum Gasteiger partial charge on any atom is 0.328 e. The van der Waals surface area contributed by atoms with Crippen LogP contribution >= 0.6 is 0 Å². The molecule has 0 aromatic carbocycles. The van der Waals surface area contributed by atoms with Crippen LogP contribution in [0.3, 0.4) is 0 Å². The first-order valence-electron chi connectivity index (χ1n) is 3.10. The fourth-order valence-corrected chi connectivity index (χ4v) is 0.642. The fourth-order valence-electron chi connectivity index (χ4n) is 0.642. The Balaban J connectivity index is 2.64. The number of hydrogen-bond donors (Lipinski definition) is 1. The number of carbonyl (C=O) groups is 1. The van der Waals surface area contributed by atoms with Crippen LogP contribution in [0.25, 0.3) is 0 Å². The lowest BCUT2D eigenvalue weighted by Gasteiger charge is -1.84. The summed E-state index contributed by atoms with van der Waals surface area (Å²) in [5.41, 5.74) is 0.787. The highest BCUT2D eigenvalue weighted by molar-refractivity contribution is 5.87. The van der Waals surface area contributed by atoms with E-state index >= 15 is 0 Å². The molecule has 1 aliphatic rings. The van der Waals surface area contributed by atoms with Gasteiger partial charge in [-0.2, -0.15) is 0 Å². The maximum atomic E-state index is 10.1. The number of carboxylic acids is 1. The maximum absolute atomic E-state index is 10.1. The molecule has 3 heteroatoms. The standard InChI is InChI=1S/C8H7NO2/c10-8(11)4-3-7-2-1-5-9-6-7/h1-6H,(H,10,11)/q+1/b4-3+. The van der Waals surface area contributed by atoms with Gasteiger partial charge in [-0.15, -0.1) is 0 Å². The van der Waals surface area contributed by atoms with Crippen molar-refractivity contribution in [3.8, 4) is 0 Å². The van der Waals surface area contributed by atoms with Gasteiger partial charge < -0.3 is 5.11 Å². The number of aliphatic carboxylic acids is 1. The Labute approximate surface area is 64.1 Å². The summed E-state index contributed by atoms with van der Waals surface area (Å²) in [5, 5.41) is 8.27. The molecule has 0 saturated carbocycles. The Morgan fingerprint density at radius 2 is 2.45 bits per heavy atom. The molecule has 0 bridgehead atoms. The molecule has 1 radical (unpaired) electrons. The Morgan fingerprint density at radius 1 is 1.64 bits per heavy atom. The molecule has 3 nitrogen and oxygen atoms in total. The van der Waals surface area contributed by atoms with Gasteiger partial charge >= 0.3 is 5.97 Å². The minimum absolute atomic E-state index is 0.787. The van der Waals surface area contributed by atoms with E-state index < -0.39 is 5.97 Å². The molecule has 0 unspecified atom stereocenters. The van der Waals surface area contributed by atoms with Gasteiger partial charge in [0.2, 0.25) is 12.4 Å². The summed E-state index contributed by atoms with van der Waals surface area (Å²) < 4.78 is 0. The Hall–Kier alpha value is -1.64. The summed E-state index contributed by atoms with van der Waals surface area (Å²) >= 11 is 0. The number of aliphatic imine (C=N–C) groups is 1. The van der Waals surface area contributed by atoms with Gasteiger partial charge in [0.05, 0.1) is 4.99 Å². The Kier molecular flexibility index (Phi) is 2.38. The van der Waals surface area contributed by atoms with Gasteiger partial charge in [-0.05, 0) is 12.2 Å². The highest BCUT2D eigenvalue weighted by Crippen LogP contribution is 1.95. The zero-order valence-electron chi connectivity index (χ0n) is 5.77. The Bertz CT molecular complexity index is 272. The summed E-state index contributed by atoms with van der Waals surface area (Å²) in [5.74, 6) is -0.950. The van der Waals surface area contributed by atoms with Crippen molar-refractivity contribution in [1.29, 1.82) is 0 Å². The molecule has 0 aliphatic carbocycles. The van der Waals surface area contributed by atoms with Crippen molar-refractivity contribution in [2.75, 3.05) is 0 Å². The van der Waals surface area contributed by atoms with Gasteiger partial charge in [0, 0.05) is 17.7 Å². The van der Waals surface area contributed by atoms with Crippen LogP contribution in [0.4, 0.5) is 0 Å². The van der Waals surface area contributed by atoms with Gasteiger partial charge in [0.25, 0.3) is 0 Å². The predicted molar refractivity (Wildman–Crippen MR) is 42.2 cm³/mol. The van der Waals surface area contributed by atoms with E-state index in [2.05, 4.69) is 4.99 Å². The van der Waals surface area contributed by atoms with Crippen LogP contribution in [0.2, 0.25) is 0 Å². The lowest BCUT2D eigenvalue weighted by molar-refractivity contribution is -0.131. The topological polar surface area (TPSA) is 51.4 Å². The molecule has 1 rings (SSSR count). The molecule has 0 saturated heterocycles. The monoisotopic (exact) mass is 149 g/mol. The van der Waals surface area contributed by atoms with Crippen molar-refractivity contribution < 1.29 is 9.90 Å². The third-order valence-electron chi connectivity index (χ3n) is 1.10. The van der Waals surface area contributed by atoms with E-state index in [9.17, 15) is 4.79 Å². The highest BCUT2D eigenvalue weighted by atomic mass is 16.4. The molecule has 1 N–H and O–H groups in total. The molecule has 0 spiro atoms. The SMILES string of the molecule is O=C(O)/C=C/C1=CC=C[N+]=C1. The number of allylic oxidation sites excluding steroid dienone is 4. The quantitative estimate of drug-likeness (QED) is 0.581. The third-order valence-corrected chi connectivity index (χ3v) is 1.10. The first-order chi connectivity index (χ1) is 5.29. The van der Waals surface area contributed by atoms with Crippen molar-refractivity contribution in [1.82, 2.24) is 4.99 Å². The van der Waals surface area contributed by atoms with Gasteiger partial charge in [0.1, 0.15) is 0 Å². The lowest BCUT2D eigenvalue weighted by atomic mass is 10.2. The van der Waals surface area contributed by atoms with Gasteiger partial charge in [-0.1, -0.05) is 0 Å². The Morgan fingerprint density at radius 3 is 3.00 bits per heavy atom. The average Bonchev–Trinajstić information content (AvgIpc) is 2.03. The molecule has 0 amide bonds. The van der Waals surface area contributed by atoms with Crippen LogP contribution in [0.5, 0.6) is 0 Å². The van der Waals surface area contributed by atoms with E-state index in [1.165, 1.54) is 6.08 Å². The smallest absolute Gasteiger partial charge is 0.328 e. The second kappa shape index (κ2) is 3.51. The van der Waals surface area contributed by atoms with Crippen molar-refractivity contribution in [3.63, 3.8) is 0 Å². The second-order valence-electron chi connectivity index (χ2n) is 1.96. The third kappa shape index (κ3) is 2.62. The van der Waals surface area contributed by atoms with E-state index in [1.807, 2.05) is 0 Å². The molecule has 0 aromatic rings. The van der Waals surface area contributed by atoms with Crippen LogP contribution in [-0.2, 0) is 4.79 Å². The number of nitrogens with zero attached hydrogens (tertiary/aromatic N) is 1. The van der Waals surface area contributed by atoms with Crippen LogP contribution < -0.4 is 4.99 Å². The van der Waals surface area contributed by atoms with Gasteiger partial charge in [-0.3, -0.25) is 0 Å². The zero-order valence-corrected chi connectivity index (χ0v) is 5.77. The van der Waals surface area contributed by atoms with E-state index in [-0.39, 0.29) is 0 Å². The van der Waals surface area contributed by atoms with E-state index in [1.54, 1.807) is 24.6 Å². The molecule has 11 heavy (non-hydrogen) atoms. The van der Waals surface area contributed by atoms with Crippen molar-refractivity contribution >= 4 is 12.2 Å². The molecule has 1 heterocycles. The summed E-state index contributed by atoms with van der Waals surface area (Å²) in [4.78, 5) is 13.9. The number of rotatable bonds is 2. The highest BCUT2D eigenvalue weighted by Gasteiger charge is 1.98. The van der Waals surface area contributed by atoms with E-state index in [0.29, 0.717) is 0 Å². The van der Waals surface area contributed by atoms with Crippen LogP contribution in [0.15, 0.2) is 36.1 Å². The molecule has 0 fully saturated rings. The average molecular weight is 149 g/mol. The molecular formula is C8H7NO2+. The summed E-state index contributed by atoms with van der Waals surface area (Å²) in [6, 6.07) is 0. The largest absolute Gasteiger partial charge is 0.478 e. The first-order valence-corrected chi connectivity index (χ1v) is 3.10. The number of hydrogen-bond acceptors (Lipinski definition) is 2. The molecule has 0 aromatic heterocycles. The van der Waals surface area contributed by atoms with Gasteiger partial charge in [0.15, 0.2) is 0 Å². The van der Waals surface area contributed by atoms with Crippen LogP contribution in [0.1, 0.15) is 0 Å². The zero-order chi connectivity index (χ0) is 8.10. The second-order valence-corrected chi connectivity index (χ2v) is 1.96. The van der Waals surface area contributed by atoms with E-state index in [4.69, 9.17) is 5.11 Å². The van der Waals surface area contributed by atoms with E-state index in [0.717, 1.165) is 11.6 Å². The minimum Gasteiger partial charge on any atom is -0.478 e. The van der Waals surface area contributed by atoms with Crippen LogP contribution in [-0.4, -0.2) is 17.3 Å². The van der Waals surface area contributed by atoms with Crippen molar-refractivity contribution in [3.05, 3.63) is 36.1 Å². The van der Waals surface area contributed by atoms with Crippen molar-refractivity contribution in [2.24, 2.45) is 0 Å². The summed E-state index contributed by atoms with van der Waals surface area (Å²) in [6.45, 7) is 0. The molecular weight excluding hydrogens is 142 g/mol. The summed E-state index contributed by atoms with van der Waals surface area (Å²) in [7, 11) is 0. The first kappa shape index (κ1) is 7.47. The lowest BCUT2D eigenvalue weighted by Crippen LogP contribution is -1.93. The molecule has 0 atom stereocenters. The molecule has 1 aliphatic heterocycles. The summed E-state index contributed by atoms with van der Waals surface area (Å²) in [6.07, 6.45) is 9.35. The normalized spacial score (nSPS) is 15.5. The van der Waals surface area contributed by atoms with Gasteiger partial charge in [-0.25, -0.2) is 4.79 Å². The fraction of sp³-hybridized carbons (Fsp3) is 0. The van der Waals surface area contributed by atoms with Crippen molar-refractivity contribution in [2.45, 2.75) is 0 Å².